The average Bonchev–Trinajstić information content (AvgIpc) is 3.30. The van der Waals surface area contributed by atoms with Crippen LogP contribution < -0.4 is 10.9 Å². The standard InChI is InChI=1S/C31H30N4O2/c1-35(2)19-7-18-32-30(36)24-15-16-27-26(20-24)28(29(34-27)25-10-6-17-33-31(25)37)23-13-11-22(12-14-23)21-8-4-3-5-9-21/h3-6,8-17,20,34H,7,18-19H2,1-2H3,(H,32,36)(H,33,37). The highest BCUT2D eigenvalue weighted by Crippen LogP contribution is 2.38. The maximum absolute atomic E-state index is 12.9. The first-order valence-electron chi connectivity index (χ1n) is 12.4. The summed E-state index contributed by atoms with van der Waals surface area (Å²) in [6.45, 7) is 1.52. The highest BCUT2D eigenvalue weighted by Gasteiger charge is 2.19. The molecule has 6 nitrogen and oxygen atoms in total. The molecule has 0 fully saturated rings. The molecule has 0 atom stereocenters. The summed E-state index contributed by atoms with van der Waals surface area (Å²) in [5, 5.41) is 3.92. The Morgan fingerprint density at radius 1 is 0.865 bits per heavy atom. The van der Waals surface area contributed by atoms with E-state index in [4.69, 9.17) is 0 Å². The van der Waals surface area contributed by atoms with E-state index < -0.39 is 0 Å². The van der Waals surface area contributed by atoms with Crippen LogP contribution in [0.2, 0.25) is 0 Å². The number of carbonyl (C=O) groups is 1. The van der Waals surface area contributed by atoms with Crippen LogP contribution in [-0.2, 0) is 0 Å². The van der Waals surface area contributed by atoms with Crippen molar-refractivity contribution < 1.29 is 4.79 Å². The van der Waals surface area contributed by atoms with E-state index in [1.54, 1.807) is 6.20 Å². The van der Waals surface area contributed by atoms with Gasteiger partial charge in [-0.2, -0.15) is 0 Å². The smallest absolute Gasteiger partial charge is 0.257 e. The lowest BCUT2D eigenvalue weighted by Crippen LogP contribution is -2.27. The first-order chi connectivity index (χ1) is 18.0. The second-order valence-electron chi connectivity index (χ2n) is 9.40. The summed E-state index contributed by atoms with van der Waals surface area (Å²) in [7, 11) is 4.04. The van der Waals surface area contributed by atoms with Gasteiger partial charge in [-0.1, -0.05) is 54.6 Å². The van der Waals surface area contributed by atoms with Crippen molar-refractivity contribution in [1.29, 1.82) is 0 Å². The molecule has 6 heteroatoms. The van der Waals surface area contributed by atoms with Crippen LogP contribution >= 0.6 is 0 Å². The number of amides is 1. The second-order valence-corrected chi connectivity index (χ2v) is 9.40. The lowest BCUT2D eigenvalue weighted by molar-refractivity contribution is 0.0952. The van der Waals surface area contributed by atoms with E-state index in [1.807, 2.05) is 62.6 Å². The van der Waals surface area contributed by atoms with E-state index in [0.29, 0.717) is 17.7 Å². The third-order valence-corrected chi connectivity index (χ3v) is 6.50. The van der Waals surface area contributed by atoms with Gasteiger partial charge < -0.3 is 20.2 Å². The molecule has 0 spiro atoms. The lowest BCUT2D eigenvalue weighted by atomic mass is 9.96. The predicted molar refractivity (Wildman–Crippen MR) is 151 cm³/mol. The fraction of sp³-hybridized carbons (Fsp3) is 0.161. The molecule has 0 unspecified atom stereocenters. The van der Waals surface area contributed by atoms with Crippen LogP contribution in [0.15, 0.2) is 95.9 Å². The van der Waals surface area contributed by atoms with Crippen LogP contribution in [0.25, 0.3) is 44.4 Å². The number of nitrogens with one attached hydrogen (secondary N) is 3. The molecular formula is C31H30N4O2. The molecule has 2 heterocycles. The average molecular weight is 491 g/mol. The molecule has 0 aliphatic carbocycles. The van der Waals surface area contributed by atoms with Crippen LogP contribution in [0.1, 0.15) is 16.8 Å². The number of nitrogens with zero attached hydrogens (tertiary/aromatic N) is 1. The minimum atomic E-state index is -0.171. The maximum atomic E-state index is 12.9. The van der Waals surface area contributed by atoms with Gasteiger partial charge in [0, 0.05) is 34.8 Å². The zero-order chi connectivity index (χ0) is 25.8. The van der Waals surface area contributed by atoms with E-state index in [1.165, 1.54) is 0 Å². The number of carbonyl (C=O) groups excluding carboxylic acids is 1. The van der Waals surface area contributed by atoms with Crippen LogP contribution in [0.5, 0.6) is 0 Å². The summed E-state index contributed by atoms with van der Waals surface area (Å²) in [6, 6.07) is 27.8. The summed E-state index contributed by atoms with van der Waals surface area (Å²) in [5.74, 6) is -0.105. The zero-order valence-electron chi connectivity index (χ0n) is 21.0. The molecule has 0 saturated heterocycles. The van der Waals surface area contributed by atoms with Gasteiger partial charge in [0.25, 0.3) is 11.5 Å². The lowest BCUT2D eigenvalue weighted by Gasteiger charge is -2.10. The van der Waals surface area contributed by atoms with Gasteiger partial charge in [-0.15, -0.1) is 0 Å². The van der Waals surface area contributed by atoms with Gasteiger partial charge in [-0.05, 0) is 74.1 Å². The topological polar surface area (TPSA) is 81.0 Å². The van der Waals surface area contributed by atoms with Gasteiger partial charge >= 0.3 is 0 Å². The first kappa shape index (κ1) is 24.3. The Labute approximate surface area is 216 Å². The quantitative estimate of drug-likeness (QED) is 0.250. The van der Waals surface area contributed by atoms with Gasteiger partial charge in [0.2, 0.25) is 0 Å². The number of benzene rings is 3. The Hall–Kier alpha value is -4.42. The number of hydrogen-bond donors (Lipinski definition) is 3. The number of hydrogen-bond acceptors (Lipinski definition) is 3. The number of aromatic amines is 2. The molecule has 3 aromatic carbocycles. The third-order valence-electron chi connectivity index (χ3n) is 6.50. The molecule has 37 heavy (non-hydrogen) atoms. The highest BCUT2D eigenvalue weighted by molar-refractivity contribution is 6.07. The number of H-pyrrole nitrogens is 2. The summed E-state index contributed by atoms with van der Waals surface area (Å²) in [5.41, 5.74) is 6.68. The molecule has 3 N–H and O–H groups in total. The van der Waals surface area contributed by atoms with Crippen LogP contribution in [0.3, 0.4) is 0 Å². The monoisotopic (exact) mass is 490 g/mol. The van der Waals surface area contributed by atoms with Gasteiger partial charge in [0.1, 0.15) is 0 Å². The van der Waals surface area contributed by atoms with E-state index in [-0.39, 0.29) is 11.5 Å². The molecule has 2 aromatic heterocycles. The fourth-order valence-electron chi connectivity index (χ4n) is 4.61. The maximum Gasteiger partial charge on any atom is 0.257 e. The van der Waals surface area contributed by atoms with Crippen molar-refractivity contribution in [1.82, 2.24) is 20.2 Å². The number of pyridine rings is 1. The minimum absolute atomic E-state index is 0.105. The van der Waals surface area contributed by atoms with Gasteiger partial charge in [0.15, 0.2) is 0 Å². The normalized spacial score (nSPS) is 11.2. The van der Waals surface area contributed by atoms with Crippen LogP contribution in [0.4, 0.5) is 0 Å². The first-order valence-corrected chi connectivity index (χ1v) is 12.4. The Balaban J connectivity index is 1.58. The highest BCUT2D eigenvalue weighted by atomic mass is 16.1. The molecule has 1 amide bonds. The molecule has 0 aliphatic rings. The van der Waals surface area contributed by atoms with Crippen molar-refractivity contribution >= 4 is 16.8 Å². The van der Waals surface area contributed by atoms with Crippen molar-refractivity contribution in [3.63, 3.8) is 0 Å². The zero-order valence-corrected chi connectivity index (χ0v) is 21.0. The molecule has 0 aliphatic heterocycles. The van der Waals surface area contributed by atoms with Gasteiger partial charge in [0.05, 0.1) is 11.3 Å². The molecule has 5 aromatic rings. The molecule has 5 rings (SSSR count). The Bertz CT molecular complexity index is 1580. The van der Waals surface area contributed by atoms with E-state index in [9.17, 15) is 9.59 Å². The van der Waals surface area contributed by atoms with Crippen LogP contribution in [-0.4, -0.2) is 48.0 Å². The Morgan fingerprint density at radius 2 is 1.59 bits per heavy atom. The van der Waals surface area contributed by atoms with Crippen molar-refractivity contribution in [2.24, 2.45) is 0 Å². The predicted octanol–water partition coefficient (Wildman–Crippen LogP) is 5.54. The Morgan fingerprint density at radius 3 is 2.32 bits per heavy atom. The van der Waals surface area contributed by atoms with Crippen molar-refractivity contribution in [2.75, 3.05) is 27.2 Å². The van der Waals surface area contributed by atoms with E-state index in [2.05, 4.69) is 56.6 Å². The fourth-order valence-corrected chi connectivity index (χ4v) is 4.61. The molecule has 0 saturated carbocycles. The Kier molecular flexibility index (Phi) is 7.01. The number of rotatable bonds is 8. The van der Waals surface area contributed by atoms with Crippen molar-refractivity contribution in [2.45, 2.75) is 6.42 Å². The van der Waals surface area contributed by atoms with E-state index >= 15 is 0 Å². The van der Waals surface area contributed by atoms with Gasteiger partial charge in [-0.25, -0.2) is 0 Å². The number of fused-ring (bicyclic) bond motifs is 1. The molecular weight excluding hydrogens is 460 g/mol. The van der Waals surface area contributed by atoms with Crippen molar-refractivity contribution in [3.05, 3.63) is 107 Å². The van der Waals surface area contributed by atoms with Crippen LogP contribution in [0, 0.1) is 0 Å². The summed E-state index contributed by atoms with van der Waals surface area (Å²) in [6.07, 6.45) is 2.51. The molecule has 0 radical (unpaired) electrons. The van der Waals surface area contributed by atoms with Gasteiger partial charge in [-0.3, -0.25) is 9.59 Å². The summed E-state index contributed by atoms with van der Waals surface area (Å²) in [4.78, 5) is 34.0. The van der Waals surface area contributed by atoms with E-state index in [0.717, 1.165) is 51.8 Å². The SMILES string of the molecule is CN(C)CCCNC(=O)c1ccc2[nH]c(-c3ccc[nH]c3=O)c(-c3ccc(-c4ccccc4)cc3)c2c1. The minimum Gasteiger partial charge on any atom is -0.354 e. The molecule has 0 bridgehead atoms. The second kappa shape index (κ2) is 10.7. The summed E-state index contributed by atoms with van der Waals surface area (Å²) < 4.78 is 0. The largest absolute Gasteiger partial charge is 0.354 e. The molecule has 186 valence electrons. The van der Waals surface area contributed by atoms with Crippen molar-refractivity contribution in [3.8, 4) is 33.5 Å². The summed E-state index contributed by atoms with van der Waals surface area (Å²) >= 11 is 0. The third kappa shape index (κ3) is 5.25. The number of aromatic nitrogens is 2.